The molecule has 2 amide bonds. The first-order chi connectivity index (χ1) is 9.76. The molecule has 0 radical (unpaired) electrons. The van der Waals surface area contributed by atoms with E-state index < -0.39 is 5.60 Å². The molecule has 0 spiro atoms. The van der Waals surface area contributed by atoms with Gasteiger partial charge in [0.2, 0.25) is 0 Å². The molecular weight excluding hydrogens is 270 g/mol. The Balaban J connectivity index is 2.37. The number of carbonyl (C=O) groups is 1. The largest absolute Gasteiger partial charge is 0.388 e. The minimum Gasteiger partial charge on any atom is -0.388 e. The van der Waals surface area contributed by atoms with Crippen LogP contribution < -0.4 is 10.6 Å². The smallest absolute Gasteiger partial charge is 0.315 e. The van der Waals surface area contributed by atoms with Gasteiger partial charge in [0.15, 0.2) is 5.76 Å². The van der Waals surface area contributed by atoms with Crippen molar-refractivity contribution in [3.63, 3.8) is 0 Å². The van der Waals surface area contributed by atoms with Gasteiger partial charge in [0.1, 0.15) is 0 Å². The van der Waals surface area contributed by atoms with Crippen LogP contribution in [-0.4, -0.2) is 28.4 Å². The number of amides is 2. The molecule has 0 saturated carbocycles. The van der Waals surface area contributed by atoms with Crippen LogP contribution in [0, 0.1) is 5.92 Å². The molecule has 0 bridgehead atoms. The minimum absolute atomic E-state index is 0.112. The number of nitrogens with zero attached hydrogens (tertiary/aromatic N) is 1. The summed E-state index contributed by atoms with van der Waals surface area (Å²) in [6.45, 7) is 10.2. The van der Waals surface area contributed by atoms with E-state index in [-0.39, 0.29) is 25.0 Å². The maximum Gasteiger partial charge on any atom is 0.315 e. The summed E-state index contributed by atoms with van der Waals surface area (Å²) in [6, 6.07) is 1.50. The number of aromatic nitrogens is 1. The van der Waals surface area contributed by atoms with E-state index in [2.05, 4.69) is 15.8 Å². The van der Waals surface area contributed by atoms with Crippen molar-refractivity contribution in [1.29, 1.82) is 0 Å². The van der Waals surface area contributed by atoms with Crippen LogP contribution in [0.1, 0.15) is 58.4 Å². The van der Waals surface area contributed by atoms with E-state index in [1.54, 1.807) is 6.92 Å². The summed E-state index contributed by atoms with van der Waals surface area (Å²) in [5.74, 6) is 1.02. The second-order valence-electron chi connectivity index (χ2n) is 6.08. The minimum atomic E-state index is -0.914. The lowest BCUT2D eigenvalue weighted by Crippen LogP contribution is -2.47. The number of aliphatic hydroxyl groups is 1. The molecule has 1 rings (SSSR count). The Morgan fingerprint density at radius 3 is 2.62 bits per heavy atom. The first kappa shape index (κ1) is 17.5. The van der Waals surface area contributed by atoms with Crippen molar-refractivity contribution < 1.29 is 14.4 Å². The molecule has 0 saturated heterocycles. The second kappa shape index (κ2) is 7.45. The molecular formula is C15H27N3O3. The Bertz CT molecular complexity index is 455. The third-order valence-corrected chi connectivity index (χ3v) is 3.87. The maximum atomic E-state index is 11.7. The fourth-order valence-electron chi connectivity index (χ4n) is 1.79. The van der Waals surface area contributed by atoms with Gasteiger partial charge in [-0.15, -0.1) is 0 Å². The highest BCUT2D eigenvalue weighted by molar-refractivity contribution is 5.73. The number of carbonyl (C=O) groups excluding carboxylic acids is 1. The number of nitrogens with one attached hydrogen (secondary N) is 2. The van der Waals surface area contributed by atoms with Crippen molar-refractivity contribution in [2.45, 2.75) is 59.1 Å². The lowest BCUT2D eigenvalue weighted by Gasteiger charge is -2.29. The average molecular weight is 297 g/mol. The van der Waals surface area contributed by atoms with Crippen LogP contribution in [0.5, 0.6) is 0 Å². The molecule has 0 aliphatic rings. The first-order valence-corrected chi connectivity index (χ1v) is 7.45. The van der Waals surface area contributed by atoms with Gasteiger partial charge in [-0.05, 0) is 18.8 Å². The van der Waals surface area contributed by atoms with Crippen molar-refractivity contribution in [2.75, 3.05) is 6.54 Å². The Kier molecular flexibility index (Phi) is 6.20. The molecule has 1 heterocycles. The molecule has 2 unspecified atom stereocenters. The second-order valence-corrected chi connectivity index (χ2v) is 6.08. The lowest BCUT2D eigenvalue weighted by atomic mass is 9.89. The van der Waals surface area contributed by atoms with Gasteiger partial charge >= 0.3 is 6.03 Å². The number of rotatable bonds is 7. The number of hydrogen-bond donors (Lipinski definition) is 3. The van der Waals surface area contributed by atoms with Gasteiger partial charge in [0.05, 0.1) is 17.8 Å². The van der Waals surface area contributed by atoms with Gasteiger partial charge in [-0.3, -0.25) is 0 Å². The molecule has 6 heteroatoms. The van der Waals surface area contributed by atoms with Crippen LogP contribution in [-0.2, 0) is 6.54 Å². The highest BCUT2D eigenvalue weighted by atomic mass is 16.5. The summed E-state index contributed by atoms with van der Waals surface area (Å²) in [5.41, 5.74) is -0.0460. The summed E-state index contributed by atoms with van der Waals surface area (Å²) in [7, 11) is 0. The highest BCUT2D eigenvalue weighted by Gasteiger charge is 2.27. The topological polar surface area (TPSA) is 87.4 Å². The van der Waals surface area contributed by atoms with Crippen LogP contribution in [0.4, 0.5) is 4.79 Å². The van der Waals surface area contributed by atoms with E-state index in [9.17, 15) is 9.90 Å². The summed E-state index contributed by atoms with van der Waals surface area (Å²) in [5, 5.41) is 19.5. The Morgan fingerprint density at radius 1 is 1.43 bits per heavy atom. The molecule has 1 aromatic heterocycles. The maximum absolute atomic E-state index is 11.7. The third-order valence-electron chi connectivity index (χ3n) is 3.87. The molecule has 21 heavy (non-hydrogen) atoms. The molecule has 120 valence electrons. The monoisotopic (exact) mass is 297 g/mol. The Morgan fingerprint density at radius 2 is 2.10 bits per heavy atom. The van der Waals surface area contributed by atoms with Crippen LogP contribution in [0.25, 0.3) is 0 Å². The molecule has 0 fully saturated rings. The predicted octanol–water partition coefficient (Wildman–Crippen LogP) is 2.39. The van der Waals surface area contributed by atoms with Crippen molar-refractivity contribution in [2.24, 2.45) is 5.92 Å². The lowest BCUT2D eigenvalue weighted by molar-refractivity contribution is 0.00789. The first-order valence-electron chi connectivity index (χ1n) is 7.45. The van der Waals surface area contributed by atoms with E-state index in [0.29, 0.717) is 11.7 Å². The summed E-state index contributed by atoms with van der Waals surface area (Å²) >= 11 is 0. The molecule has 0 aliphatic heterocycles. The van der Waals surface area contributed by atoms with Crippen molar-refractivity contribution in [3.8, 4) is 0 Å². The van der Waals surface area contributed by atoms with Gasteiger partial charge in [-0.25, -0.2) is 4.79 Å². The quantitative estimate of drug-likeness (QED) is 0.721. The standard InChI is InChI=1S/C15H27N3O3/c1-6-11(4)15(5,20)9-17-14(19)16-8-12-7-13(10(2)3)18-21-12/h7,10-11,20H,6,8-9H2,1-5H3,(H2,16,17,19). The number of hydrogen-bond acceptors (Lipinski definition) is 4. The van der Waals surface area contributed by atoms with Crippen molar-refractivity contribution in [1.82, 2.24) is 15.8 Å². The number of urea groups is 1. The van der Waals surface area contributed by atoms with Gasteiger partial charge < -0.3 is 20.3 Å². The van der Waals surface area contributed by atoms with Gasteiger partial charge in [0, 0.05) is 12.6 Å². The molecule has 0 aromatic carbocycles. The SMILES string of the molecule is CCC(C)C(C)(O)CNC(=O)NCc1cc(C(C)C)no1. The van der Waals surface area contributed by atoms with Crippen molar-refractivity contribution >= 4 is 6.03 Å². The molecule has 0 aliphatic carbocycles. The fraction of sp³-hybridized carbons (Fsp3) is 0.733. The van der Waals surface area contributed by atoms with Gasteiger partial charge in [-0.2, -0.15) is 0 Å². The van der Waals surface area contributed by atoms with Crippen LogP contribution in [0.3, 0.4) is 0 Å². The zero-order chi connectivity index (χ0) is 16.0. The zero-order valence-corrected chi connectivity index (χ0v) is 13.6. The van der Waals surface area contributed by atoms with E-state index >= 15 is 0 Å². The van der Waals surface area contributed by atoms with Crippen LogP contribution >= 0.6 is 0 Å². The summed E-state index contributed by atoms with van der Waals surface area (Å²) in [4.78, 5) is 11.7. The van der Waals surface area contributed by atoms with Crippen molar-refractivity contribution in [3.05, 3.63) is 17.5 Å². The van der Waals surface area contributed by atoms with E-state index in [4.69, 9.17) is 4.52 Å². The average Bonchev–Trinajstić information content (AvgIpc) is 2.91. The molecule has 3 N–H and O–H groups in total. The van der Waals surface area contributed by atoms with E-state index in [1.165, 1.54) is 0 Å². The van der Waals surface area contributed by atoms with Crippen LogP contribution in [0.2, 0.25) is 0 Å². The predicted molar refractivity (Wildman–Crippen MR) is 80.9 cm³/mol. The van der Waals surface area contributed by atoms with E-state index in [1.807, 2.05) is 33.8 Å². The zero-order valence-electron chi connectivity index (χ0n) is 13.6. The van der Waals surface area contributed by atoms with Crippen LogP contribution in [0.15, 0.2) is 10.6 Å². The normalized spacial score (nSPS) is 15.6. The van der Waals surface area contributed by atoms with Gasteiger partial charge in [-0.1, -0.05) is 39.3 Å². The summed E-state index contributed by atoms with van der Waals surface area (Å²) < 4.78 is 5.14. The molecule has 1 aromatic rings. The summed E-state index contributed by atoms with van der Waals surface area (Å²) in [6.07, 6.45) is 0.854. The van der Waals surface area contributed by atoms with E-state index in [0.717, 1.165) is 12.1 Å². The Labute approximate surface area is 126 Å². The van der Waals surface area contributed by atoms with Gasteiger partial charge in [0.25, 0.3) is 0 Å². The fourth-order valence-corrected chi connectivity index (χ4v) is 1.79. The third kappa shape index (κ3) is 5.38. The molecule has 6 nitrogen and oxygen atoms in total. The highest BCUT2D eigenvalue weighted by Crippen LogP contribution is 2.18. The Hall–Kier alpha value is -1.56. The molecule has 2 atom stereocenters.